The van der Waals surface area contributed by atoms with Crippen molar-refractivity contribution in [3.8, 4) is 0 Å². The molecule has 1 amide bonds. The Labute approximate surface area is 127 Å². The largest absolute Gasteiger partial charge is 0.481 e. The first kappa shape index (κ1) is 16.3. The standard InChI is InChI=1S/C17H29NO3/c19-16(10-8-14-5-2-1-3-6-14)18-12-4-7-15(13-18)9-11-17(20)21/h14-15H,1-13H2,(H,20,21). The first-order valence-corrected chi connectivity index (χ1v) is 8.64. The molecule has 120 valence electrons. The third-order valence-corrected chi connectivity index (χ3v) is 5.13. The monoisotopic (exact) mass is 295 g/mol. The van der Waals surface area contributed by atoms with Gasteiger partial charge in [0.25, 0.3) is 0 Å². The average molecular weight is 295 g/mol. The van der Waals surface area contributed by atoms with Gasteiger partial charge in [0.1, 0.15) is 0 Å². The zero-order chi connectivity index (χ0) is 15.1. The Morgan fingerprint density at radius 2 is 1.57 bits per heavy atom. The maximum atomic E-state index is 12.3. The highest BCUT2D eigenvalue weighted by Gasteiger charge is 2.24. The number of hydrogen-bond donors (Lipinski definition) is 1. The molecule has 1 saturated carbocycles. The fourth-order valence-corrected chi connectivity index (χ4v) is 3.82. The van der Waals surface area contributed by atoms with Gasteiger partial charge < -0.3 is 10.0 Å². The Morgan fingerprint density at radius 1 is 0.905 bits per heavy atom. The number of amides is 1. The Hall–Kier alpha value is -1.06. The molecule has 4 nitrogen and oxygen atoms in total. The van der Waals surface area contributed by atoms with Gasteiger partial charge in [-0.2, -0.15) is 0 Å². The van der Waals surface area contributed by atoms with Crippen molar-refractivity contribution in [2.45, 2.75) is 70.6 Å². The molecule has 0 bridgehead atoms. The lowest BCUT2D eigenvalue weighted by atomic mass is 9.86. The van der Waals surface area contributed by atoms with Gasteiger partial charge in [-0.3, -0.25) is 9.59 Å². The van der Waals surface area contributed by atoms with E-state index < -0.39 is 5.97 Å². The van der Waals surface area contributed by atoms with Crippen LogP contribution in [0, 0.1) is 11.8 Å². The molecule has 1 unspecified atom stereocenters. The van der Waals surface area contributed by atoms with Gasteiger partial charge >= 0.3 is 5.97 Å². The Bertz CT molecular complexity index is 350. The summed E-state index contributed by atoms with van der Waals surface area (Å²) in [5, 5.41) is 8.77. The summed E-state index contributed by atoms with van der Waals surface area (Å²) in [6.45, 7) is 1.64. The number of rotatable bonds is 6. The van der Waals surface area contributed by atoms with Gasteiger partial charge in [-0.15, -0.1) is 0 Å². The van der Waals surface area contributed by atoms with Crippen molar-refractivity contribution in [2.75, 3.05) is 13.1 Å². The molecule has 1 saturated heterocycles. The highest BCUT2D eigenvalue weighted by atomic mass is 16.4. The van der Waals surface area contributed by atoms with Crippen LogP contribution in [0.2, 0.25) is 0 Å². The molecule has 0 spiro atoms. The summed E-state index contributed by atoms with van der Waals surface area (Å²) in [7, 11) is 0. The summed E-state index contributed by atoms with van der Waals surface area (Å²) in [5.41, 5.74) is 0. The molecule has 1 N–H and O–H groups in total. The number of carboxylic acid groups (broad SMARTS) is 1. The highest BCUT2D eigenvalue weighted by Crippen LogP contribution is 2.28. The van der Waals surface area contributed by atoms with Gasteiger partial charge in [0.2, 0.25) is 5.91 Å². The molecular weight excluding hydrogens is 266 g/mol. The molecule has 0 aromatic rings. The van der Waals surface area contributed by atoms with E-state index in [4.69, 9.17) is 5.11 Å². The number of aliphatic carboxylic acids is 1. The van der Waals surface area contributed by atoms with Crippen LogP contribution >= 0.6 is 0 Å². The number of likely N-dealkylation sites (tertiary alicyclic amines) is 1. The summed E-state index contributed by atoms with van der Waals surface area (Å²) in [5.74, 6) is 0.708. The maximum Gasteiger partial charge on any atom is 0.303 e. The summed E-state index contributed by atoms with van der Waals surface area (Å²) >= 11 is 0. The lowest BCUT2D eigenvalue weighted by molar-refractivity contribution is -0.137. The second kappa shape index (κ2) is 8.40. The minimum Gasteiger partial charge on any atom is -0.481 e. The zero-order valence-electron chi connectivity index (χ0n) is 13.1. The molecule has 0 aromatic heterocycles. The lowest BCUT2D eigenvalue weighted by Crippen LogP contribution is -2.40. The highest BCUT2D eigenvalue weighted by molar-refractivity contribution is 5.76. The van der Waals surface area contributed by atoms with Crippen LogP contribution < -0.4 is 0 Å². The fraction of sp³-hybridized carbons (Fsp3) is 0.882. The second-order valence-corrected chi connectivity index (χ2v) is 6.82. The van der Waals surface area contributed by atoms with Crippen molar-refractivity contribution in [2.24, 2.45) is 11.8 Å². The number of carboxylic acids is 1. The summed E-state index contributed by atoms with van der Waals surface area (Å²) in [4.78, 5) is 25.0. The van der Waals surface area contributed by atoms with Crippen molar-refractivity contribution >= 4 is 11.9 Å². The topological polar surface area (TPSA) is 57.6 Å². The van der Waals surface area contributed by atoms with Crippen LogP contribution in [0.5, 0.6) is 0 Å². The maximum absolute atomic E-state index is 12.3. The van der Waals surface area contributed by atoms with E-state index in [-0.39, 0.29) is 6.42 Å². The minimum atomic E-state index is -0.726. The van der Waals surface area contributed by atoms with Crippen LogP contribution in [-0.4, -0.2) is 35.0 Å². The molecule has 1 heterocycles. The van der Waals surface area contributed by atoms with Crippen LogP contribution in [0.3, 0.4) is 0 Å². The van der Waals surface area contributed by atoms with Crippen LogP contribution in [-0.2, 0) is 9.59 Å². The number of hydrogen-bond acceptors (Lipinski definition) is 2. The van der Waals surface area contributed by atoms with Crippen LogP contribution in [0.25, 0.3) is 0 Å². The molecule has 1 aliphatic heterocycles. The number of carbonyl (C=O) groups is 2. The second-order valence-electron chi connectivity index (χ2n) is 6.82. The molecule has 2 aliphatic rings. The van der Waals surface area contributed by atoms with Crippen molar-refractivity contribution in [1.29, 1.82) is 0 Å². The van der Waals surface area contributed by atoms with Crippen molar-refractivity contribution in [3.63, 3.8) is 0 Å². The van der Waals surface area contributed by atoms with E-state index in [9.17, 15) is 9.59 Å². The van der Waals surface area contributed by atoms with E-state index in [2.05, 4.69) is 0 Å². The zero-order valence-corrected chi connectivity index (χ0v) is 13.1. The minimum absolute atomic E-state index is 0.231. The molecule has 21 heavy (non-hydrogen) atoms. The average Bonchev–Trinajstić information content (AvgIpc) is 2.52. The Balaban J connectivity index is 1.69. The Morgan fingerprint density at radius 3 is 2.29 bits per heavy atom. The SMILES string of the molecule is O=C(O)CCC1CCCN(C(=O)CCC2CCCCC2)C1. The lowest BCUT2D eigenvalue weighted by Gasteiger charge is -2.33. The Kier molecular flexibility index (Phi) is 6.52. The normalized spacial score (nSPS) is 24.0. The van der Waals surface area contributed by atoms with Gasteiger partial charge in [0, 0.05) is 25.9 Å². The van der Waals surface area contributed by atoms with Crippen LogP contribution in [0.4, 0.5) is 0 Å². The third-order valence-electron chi connectivity index (χ3n) is 5.13. The van der Waals surface area contributed by atoms with E-state index >= 15 is 0 Å². The van der Waals surface area contributed by atoms with E-state index in [1.165, 1.54) is 32.1 Å². The van der Waals surface area contributed by atoms with Crippen LogP contribution in [0.1, 0.15) is 70.6 Å². The van der Waals surface area contributed by atoms with E-state index in [0.717, 1.165) is 38.3 Å². The van der Waals surface area contributed by atoms with Crippen molar-refractivity contribution in [3.05, 3.63) is 0 Å². The quantitative estimate of drug-likeness (QED) is 0.816. The van der Waals surface area contributed by atoms with Crippen molar-refractivity contribution < 1.29 is 14.7 Å². The van der Waals surface area contributed by atoms with Gasteiger partial charge in [-0.25, -0.2) is 0 Å². The fourth-order valence-electron chi connectivity index (χ4n) is 3.82. The predicted octanol–water partition coefficient (Wildman–Crippen LogP) is 3.45. The molecule has 2 fully saturated rings. The summed E-state index contributed by atoms with van der Waals surface area (Å²) < 4.78 is 0. The molecule has 0 aromatic carbocycles. The smallest absolute Gasteiger partial charge is 0.303 e. The molecule has 0 radical (unpaired) electrons. The van der Waals surface area contributed by atoms with E-state index in [1.54, 1.807) is 0 Å². The van der Waals surface area contributed by atoms with Crippen molar-refractivity contribution in [1.82, 2.24) is 4.90 Å². The molecule has 4 heteroatoms. The molecule has 1 aliphatic carbocycles. The first-order chi connectivity index (χ1) is 10.1. The first-order valence-electron chi connectivity index (χ1n) is 8.64. The number of carbonyl (C=O) groups excluding carboxylic acids is 1. The molecule has 1 atom stereocenters. The predicted molar refractivity (Wildman–Crippen MR) is 82.0 cm³/mol. The van der Waals surface area contributed by atoms with E-state index in [1.807, 2.05) is 4.90 Å². The van der Waals surface area contributed by atoms with Crippen LogP contribution in [0.15, 0.2) is 0 Å². The van der Waals surface area contributed by atoms with E-state index in [0.29, 0.717) is 24.7 Å². The van der Waals surface area contributed by atoms with Gasteiger partial charge in [0.05, 0.1) is 0 Å². The van der Waals surface area contributed by atoms with Gasteiger partial charge in [0.15, 0.2) is 0 Å². The number of piperidine rings is 1. The van der Waals surface area contributed by atoms with Gasteiger partial charge in [-0.05, 0) is 37.5 Å². The molecule has 2 rings (SSSR count). The molecular formula is C17H29NO3. The third kappa shape index (κ3) is 5.68. The summed E-state index contributed by atoms with van der Waals surface area (Å²) in [6, 6.07) is 0. The number of nitrogens with zero attached hydrogens (tertiary/aromatic N) is 1. The summed E-state index contributed by atoms with van der Waals surface area (Å²) in [6.07, 6.45) is 11.4. The van der Waals surface area contributed by atoms with Gasteiger partial charge in [-0.1, -0.05) is 32.1 Å².